The van der Waals surface area contributed by atoms with Gasteiger partial charge in [-0.1, -0.05) is 66.4 Å². The number of ether oxygens (including phenoxy) is 3. The Balaban J connectivity index is 1.61. The molecule has 0 aromatic heterocycles. The molecule has 1 fully saturated rings. The summed E-state index contributed by atoms with van der Waals surface area (Å²) in [6.45, 7) is 6.63. The van der Waals surface area contributed by atoms with Crippen LogP contribution in [0.3, 0.4) is 0 Å². The first-order valence-corrected chi connectivity index (χ1v) is 14.1. The van der Waals surface area contributed by atoms with Crippen LogP contribution in [0.5, 0.6) is 11.5 Å². The van der Waals surface area contributed by atoms with Crippen LogP contribution in [0.1, 0.15) is 39.4 Å². The van der Waals surface area contributed by atoms with Gasteiger partial charge in [0.15, 0.2) is 17.5 Å². The molecular formula is C30H28BrNO5S2. The van der Waals surface area contributed by atoms with Gasteiger partial charge in [-0.05, 0) is 88.3 Å². The van der Waals surface area contributed by atoms with Crippen molar-refractivity contribution in [3.05, 3.63) is 97.4 Å². The van der Waals surface area contributed by atoms with Crippen molar-refractivity contribution in [1.82, 2.24) is 4.90 Å². The Kier molecular flexibility index (Phi) is 9.15. The van der Waals surface area contributed by atoms with Gasteiger partial charge >= 0.3 is 5.97 Å². The summed E-state index contributed by atoms with van der Waals surface area (Å²) >= 11 is 10.3. The maximum Gasteiger partial charge on any atom is 0.333 e. The number of aryl methyl sites for hydroxylation is 3. The van der Waals surface area contributed by atoms with Crippen molar-refractivity contribution in [3.63, 3.8) is 0 Å². The van der Waals surface area contributed by atoms with Crippen molar-refractivity contribution < 1.29 is 23.8 Å². The molecule has 1 atom stereocenters. The van der Waals surface area contributed by atoms with Crippen molar-refractivity contribution in [3.8, 4) is 11.5 Å². The lowest BCUT2D eigenvalue weighted by molar-refractivity contribution is -0.148. The van der Waals surface area contributed by atoms with Crippen LogP contribution in [0, 0.1) is 20.8 Å². The Morgan fingerprint density at radius 1 is 1.05 bits per heavy atom. The average molecular weight is 627 g/mol. The topological polar surface area (TPSA) is 65.1 Å². The van der Waals surface area contributed by atoms with Crippen LogP contribution in [0.25, 0.3) is 6.08 Å². The number of carbonyl (C=O) groups excluding carboxylic acids is 2. The SMILES string of the molecule is COC(=O)C(c1ccccc1)N1C(=O)/C(=C\c2cc(Br)c(OCc3cc(C)c(C)cc3C)c(OC)c2)SC1=S. The molecule has 1 heterocycles. The highest BCUT2D eigenvalue weighted by molar-refractivity contribution is 9.10. The van der Waals surface area contributed by atoms with Gasteiger partial charge in [-0.15, -0.1) is 0 Å². The fraction of sp³-hybridized carbons (Fsp3) is 0.233. The summed E-state index contributed by atoms with van der Waals surface area (Å²) in [5.41, 5.74) is 6.03. The first-order chi connectivity index (χ1) is 18.6. The third-order valence-electron chi connectivity index (χ3n) is 6.50. The number of esters is 1. The first kappa shape index (κ1) is 28.9. The number of halogens is 1. The van der Waals surface area contributed by atoms with Gasteiger partial charge in [-0.3, -0.25) is 9.69 Å². The monoisotopic (exact) mass is 625 g/mol. The number of benzene rings is 3. The van der Waals surface area contributed by atoms with E-state index in [1.807, 2.05) is 12.1 Å². The van der Waals surface area contributed by atoms with Crippen LogP contribution >= 0.6 is 39.9 Å². The molecule has 3 aromatic rings. The van der Waals surface area contributed by atoms with Gasteiger partial charge in [0, 0.05) is 0 Å². The lowest BCUT2D eigenvalue weighted by atomic mass is 10.0. The molecule has 0 N–H and O–H groups in total. The molecule has 0 spiro atoms. The second-order valence-electron chi connectivity index (χ2n) is 9.07. The maximum absolute atomic E-state index is 13.5. The van der Waals surface area contributed by atoms with Crippen LogP contribution in [0.2, 0.25) is 0 Å². The first-order valence-electron chi connectivity index (χ1n) is 12.1. The Bertz CT molecular complexity index is 1470. The highest BCUT2D eigenvalue weighted by atomic mass is 79.9. The summed E-state index contributed by atoms with van der Waals surface area (Å²) in [6, 6.07) is 15.9. The molecule has 1 unspecified atom stereocenters. The Labute approximate surface area is 246 Å². The van der Waals surface area contributed by atoms with E-state index in [1.54, 1.807) is 43.5 Å². The standard InChI is InChI=1S/C30H28BrNO5S2/c1-17-11-19(3)22(12-18(17)2)16-37-27-23(31)13-20(14-24(27)35-4)15-25-28(33)32(30(38)39-25)26(29(34)36-5)21-9-7-6-8-10-21/h6-15,26H,16H2,1-5H3/b25-15+. The van der Waals surface area contributed by atoms with Crippen LogP contribution in [-0.4, -0.2) is 35.3 Å². The van der Waals surface area contributed by atoms with Gasteiger partial charge in [-0.2, -0.15) is 0 Å². The van der Waals surface area contributed by atoms with Crippen LogP contribution in [-0.2, 0) is 20.9 Å². The second-order valence-corrected chi connectivity index (χ2v) is 11.6. The number of thioether (sulfide) groups is 1. The van der Waals surface area contributed by atoms with Crippen molar-refractivity contribution in [2.45, 2.75) is 33.4 Å². The zero-order valence-electron chi connectivity index (χ0n) is 22.2. The van der Waals surface area contributed by atoms with Gasteiger partial charge < -0.3 is 14.2 Å². The molecule has 1 aliphatic heterocycles. The molecule has 0 saturated carbocycles. The second kappa shape index (κ2) is 12.4. The van der Waals surface area contributed by atoms with Gasteiger partial charge in [0.2, 0.25) is 0 Å². The highest BCUT2D eigenvalue weighted by Gasteiger charge is 2.41. The normalized spacial score (nSPS) is 15.0. The molecule has 0 bridgehead atoms. The molecule has 1 saturated heterocycles. The predicted molar refractivity (Wildman–Crippen MR) is 162 cm³/mol. The van der Waals surface area contributed by atoms with Crippen molar-refractivity contribution in [1.29, 1.82) is 0 Å². The fourth-order valence-corrected chi connectivity index (χ4v) is 6.17. The van der Waals surface area contributed by atoms with E-state index in [0.717, 1.165) is 22.9 Å². The maximum atomic E-state index is 13.5. The quantitative estimate of drug-likeness (QED) is 0.151. The summed E-state index contributed by atoms with van der Waals surface area (Å²) in [5, 5.41) is 0. The summed E-state index contributed by atoms with van der Waals surface area (Å²) < 4.78 is 17.8. The molecule has 0 aliphatic carbocycles. The molecule has 202 valence electrons. The summed E-state index contributed by atoms with van der Waals surface area (Å²) in [7, 11) is 2.86. The average Bonchev–Trinajstić information content (AvgIpc) is 3.18. The molecule has 3 aromatic carbocycles. The number of methoxy groups -OCH3 is 2. The smallest absolute Gasteiger partial charge is 0.333 e. The van der Waals surface area contributed by atoms with E-state index < -0.39 is 12.0 Å². The molecule has 1 aliphatic rings. The summed E-state index contributed by atoms with van der Waals surface area (Å²) in [6.07, 6.45) is 1.73. The summed E-state index contributed by atoms with van der Waals surface area (Å²) in [4.78, 5) is 27.9. The number of hydrogen-bond acceptors (Lipinski definition) is 7. The number of thiocarbonyl (C=S) groups is 1. The van der Waals surface area contributed by atoms with Gasteiger partial charge in [0.25, 0.3) is 5.91 Å². The van der Waals surface area contributed by atoms with E-state index in [0.29, 0.717) is 38.6 Å². The molecule has 9 heteroatoms. The van der Waals surface area contributed by atoms with E-state index in [9.17, 15) is 9.59 Å². The van der Waals surface area contributed by atoms with Crippen LogP contribution in [0.15, 0.2) is 64.0 Å². The molecule has 4 rings (SSSR count). The third-order valence-corrected chi connectivity index (χ3v) is 8.41. The molecule has 1 amide bonds. The van der Waals surface area contributed by atoms with E-state index in [1.165, 1.54) is 23.1 Å². The van der Waals surface area contributed by atoms with E-state index in [2.05, 4.69) is 48.8 Å². The predicted octanol–water partition coefficient (Wildman–Crippen LogP) is 7.08. The molecule has 39 heavy (non-hydrogen) atoms. The number of carbonyl (C=O) groups is 2. The fourth-order valence-electron chi connectivity index (χ4n) is 4.28. The lowest BCUT2D eigenvalue weighted by Gasteiger charge is -2.24. The number of nitrogens with zero attached hydrogens (tertiary/aromatic N) is 1. The molecular weight excluding hydrogens is 598 g/mol. The zero-order chi connectivity index (χ0) is 28.3. The Morgan fingerprint density at radius 2 is 1.74 bits per heavy atom. The molecule has 6 nitrogen and oxygen atoms in total. The van der Waals surface area contributed by atoms with Crippen molar-refractivity contribution in [2.24, 2.45) is 0 Å². The molecule has 0 radical (unpaired) electrons. The third kappa shape index (κ3) is 6.21. The lowest BCUT2D eigenvalue weighted by Crippen LogP contribution is -2.37. The largest absolute Gasteiger partial charge is 0.493 e. The van der Waals surface area contributed by atoms with Gasteiger partial charge in [0.05, 0.1) is 23.6 Å². The summed E-state index contributed by atoms with van der Waals surface area (Å²) in [5.74, 6) is 0.146. The minimum Gasteiger partial charge on any atom is -0.493 e. The Morgan fingerprint density at radius 3 is 2.41 bits per heavy atom. The number of hydrogen-bond donors (Lipinski definition) is 0. The van der Waals surface area contributed by atoms with Crippen molar-refractivity contribution >= 4 is 62.2 Å². The zero-order valence-corrected chi connectivity index (χ0v) is 25.5. The van der Waals surface area contributed by atoms with E-state index >= 15 is 0 Å². The minimum absolute atomic E-state index is 0.278. The van der Waals surface area contributed by atoms with Crippen LogP contribution in [0.4, 0.5) is 0 Å². The van der Waals surface area contributed by atoms with Crippen LogP contribution < -0.4 is 9.47 Å². The number of rotatable bonds is 8. The van der Waals surface area contributed by atoms with Gasteiger partial charge in [0.1, 0.15) is 10.9 Å². The highest BCUT2D eigenvalue weighted by Crippen LogP contribution is 2.41. The van der Waals surface area contributed by atoms with E-state index in [4.69, 9.17) is 26.4 Å². The van der Waals surface area contributed by atoms with Gasteiger partial charge in [-0.25, -0.2) is 4.79 Å². The Hall–Kier alpha value is -3.14. The van der Waals surface area contributed by atoms with Crippen molar-refractivity contribution in [2.75, 3.05) is 14.2 Å². The minimum atomic E-state index is -0.972. The number of amides is 1. The van der Waals surface area contributed by atoms with E-state index in [-0.39, 0.29) is 10.2 Å².